The number of thiocarbonyl (C=S) groups is 1. The molecule has 0 aromatic carbocycles. The van der Waals surface area contributed by atoms with Crippen LogP contribution in [0.2, 0.25) is 0 Å². The lowest BCUT2D eigenvalue weighted by atomic mass is 10.1. The standard InChI is InChI=1S/C13H16N2O2S2/c16-11-7-8-12(17)15(11)14-9-2-1-4-10(14)5-3-6-13(18)19/h1-2,4,9-10H,3,5-8H2,(H,18,19). The number of amides is 2. The zero-order valence-electron chi connectivity index (χ0n) is 10.5. The van der Waals surface area contributed by atoms with E-state index in [0.29, 0.717) is 17.0 Å². The molecule has 2 rings (SSSR count). The Kier molecular flexibility index (Phi) is 4.76. The molecule has 0 bridgehead atoms. The van der Waals surface area contributed by atoms with Crippen LogP contribution in [-0.4, -0.2) is 32.1 Å². The first-order valence-electron chi connectivity index (χ1n) is 6.30. The van der Waals surface area contributed by atoms with Gasteiger partial charge < -0.3 is 0 Å². The third-order valence-corrected chi connectivity index (χ3v) is 3.60. The summed E-state index contributed by atoms with van der Waals surface area (Å²) < 4.78 is 0.690. The van der Waals surface area contributed by atoms with Crippen LogP contribution < -0.4 is 0 Å². The van der Waals surface area contributed by atoms with Crippen LogP contribution in [0.25, 0.3) is 0 Å². The SMILES string of the molecule is O=C1CCC(=O)N1N1C=CC=CC1CCCC(=S)S. The number of hydrogen-bond acceptors (Lipinski definition) is 4. The van der Waals surface area contributed by atoms with Gasteiger partial charge in [0, 0.05) is 23.2 Å². The Hall–Kier alpha value is -1.14. The highest BCUT2D eigenvalue weighted by molar-refractivity contribution is 8.11. The third-order valence-electron chi connectivity index (χ3n) is 3.17. The number of nitrogens with zero attached hydrogens (tertiary/aromatic N) is 2. The number of carbonyl (C=O) groups excluding carboxylic acids is 2. The molecule has 0 aliphatic carbocycles. The Morgan fingerprint density at radius 2 is 2.00 bits per heavy atom. The van der Waals surface area contributed by atoms with Gasteiger partial charge in [-0.1, -0.05) is 24.4 Å². The van der Waals surface area contributed by atoms with Crippen LogP contribution in [0.15, 0.2) is 24.4 Å². The van der Waals surface area contributed by atoms with E-state index in [1.807, 2.05) is 18.2 Å². The fourth-order valence-electron chi connectivity index (χ4n) is 2.26. The molecule has 0 saturated carbocycles. The van der Waals surface area contributed by atoms with Crippen LogP contribution in [0.1, 0.15) is 32.1 Å². The van der Waals surface area contributed by atoms with Crippen molar-refractivity contribution < 1.29 is 9.59 Å². The first kappa shape index (κ1) is 14.3. The van der Waals surface area contributed by atoms with E-state index >= 15 is 0 Å². The molecule has 0 aromatic rings. The maximum absolute atomic E-state index is 11.8. The number of hydrogen-bond donors (Lipinski definition) is 1. The summed E-state index contributed by atoms with van der Waals surface area (Å²) in [4.78, 5) is 23.6. The maximum Gasteiger partial charge on any atom is 0.248 e. The molecular weight excluding hydrogens is 280 g/mol. The van der Waals surface area contributed by atoms with Gasteiger partial charge in [0.05, 0.1) is 6.04 Å². The van der Waals surface area contributed by atoms with Crippen LogP contribution in [0.5, 0.6) is 0 Å². The minimum absolute atomic E-state index is 0.0266. The quantitative estimate of drug-likeness (QED) is 0.480. The fourth-order valence-corrected chi connectivity index (χ4v) is 2.56. The van der Waals surface area contributed by atoms with Gasteiger partial charge in [-0.25, -0.2) is 0 Å². The Bertz CT molecular complexity index is 444. The average molecular weight is 296 g/mol. The maximum atomic E-state index is 11.8. The highest BCUT2D eigenvalue weighted by Crippen LogP contribution is 2.23. The number of allylic oxidation sites excluding steroid dienone is 2. The van der Waals surface area contributed by atoms with Crippen LogP contribution in [0.4, 0.5) is 0 Å². The lowest BCUT2D eigenvalue weighted by Crippen LogP contribution is -2.48. The second kappa shape index (κ2) is 6.34. The van der Waals surface area contributed by atoms with E-state index in [0.717, 1.165) is 19.3 Å². The van der Waals surface area contributed by atoms with E-state index in [9.17, 15) is 9.59 Å². The molecule has 0 spiro atoms. The Morgan fingerprint density at radius 1 is 1.32 bits per heavy atom. The first-order chi connectivity index (χ1) is 9.09. The van der Waals surface area contributed by atoms with Crippen LogP contribution >= 0.6 is 24.8 Å². The summed E-state index contributed by atoms with van der Waals surface area (Å²) in [6, 6.07) is 0.0266. The van der Waals surface area contributed by atoms with Gasteiger partial charge in [0.25, 0.3) is 0 Å². The summed E-state index contributed by atoms with van der Waals surface area (Å²) in [5.74, 6) is -0.251. The highest BCUT2D eigenvalue weighted by Gasteiger charge is 2.35. The molecule has 1 saturated heterocycles. The summed E-state index contributed by atoms with van der Waals surface area (Å²) in [6.45, 7) is 0. The molecule has 4 nitrogen and oxygen atoms in total. The molecule has 2 amide bonds. The summed E-state index contributed by atoms with van der Waals surface area (Å²) in [5, 5.41) is 3.00. The van der Waals surface area contributed by atoms with Gasteiger partial charge in [-0.2, -0.15) is 5.01 Å². The summed E-state index contributed by atoms with van der Waals surface area (Å²) in [6.07, 6.45) is 10.6. The number of thiol groups is 1. The van der Waals surface area contributed by atoms with Crippen molar-refractivity contribution in [2.75, 3.05) is 0 Å². The summed E-state index contributed by atoms with van der Waals surface area (Å²) >= 11 is 9.04. The van der Waals surface area contributed by atoms with Gasteiger partial charge in [0.15, 0.2) is 0 Å². The number of hydrazine groups is 1. The molecule has 1 fully saturated rings. The van der Waals surface area contributed by atoms with Crippen molar-refractivity contribution in [1.29, 1.82) is 0 Å². The zero-order valence-corrected chi connectivity index (χ0v) is 12.2. The van der Waals surface area contributed by atoms with Gasteiger partial charge in [0.2, 0.25) is 11.8 Å². The Balaban J connectivity index is 2.02. The van der Waals surface area contributed by atoms with E-state index in [4.69, 9.17) is 12.2 Å². The minimum Gasteiger partial charge on any atom is -0.276 e. The second-order valence-electron chi connectivity index (χ2n) is 4.56. The smallest absolute Gasteiger partial charge is 0.248 e. The van der Waals surface area contributed by atoms with Crippen LogP contribution in [0, 0.1) is 0 Å². The predicted molar refractivity (Wildman–Crippen MR) is 80.4 cm³/mol. The number of imide groups is 1. The topological polar surface area (TPSA) is 40.6 Å². The van der Waals surface area contributed by atoms with Crippen molar-refractivity contribution >= 4 is 40.9 Å². The van der Waals surface area contributed by atoms with Crippen LogP contribution in [0.3, 0.4) is 0 Å². The molecule has 19 heavy (non-hydrogen) atoms. The molecular formula is C13H16N2O2S2. The molecule has 2 heterocycles. The average Bonchev–Trinajstić information content (AvgIpc) is 2.69. The molecule has 2 aliphatic heterocycles. The lowest BCUT2D eigenvalue weighted by Gasteiger charge is -2.36. The number of carbonyl (C=O) groups is 2. The molecule has 0 aromatic heterocycles. The molecule has 0 N–H and O–H groups in total. The van der Waals surface area contributed by atoms with Crippen molar-refractivity contribution in [3.05, 3.63) is 24.4 Å². The molecule has 2 aliphatic rings. The van der Waals surface area contributed by atoms with Gasteiger partial charge in [-0.3, -0.25) is 14.6 Å². The lowest BCUT2D eigenvalue weighted by molar-refractivity contribution is -0.155. The summed E-state index contributed by atoms with van der Waals surface area (Å²) in [7, 11) is 0. The second-order valence-corrected chi connectivity index (χ2v) is 5.89. The van der Waals surface area contributed by atoms with Crippen molar-refractivity contribution in [3.8, 4) is 0 Å². The highest BCUT2D eigenvalue weighted by atomic mass is 32.1. The molecule has 102 valence electrons. The Labute approximate surface area is 123 Å². The predicted octanol–water partition coefficient (Wildman–Crippen LogP) is 2.23. The van der Waals surface area contributed by atoms with Crippen molar-refractivity contribution in [1.82, 2.24) is 10.0 Å². The van der Waals surface area contributed by atoms with Gasteiger partial charge >= 0.3 is 0 Å². The molecule has 6 heteroatoms. The van der Waals surface area contributed by atoms with E-state index < -0.39 is 0 Å². The molecule has 0 radical (unpaired) electrons. The van der Waals surface area contributed by atoms with E-state index in [2.05, 4.69) is 12.6 Å². The minimum atomic E-state index is -0.125. The van der Waals surface area contributed by atoms with Gasteiger partial charge in [-0.15, -0.1) is 12.6 Å². The Morgan fingerprint density at radius 3 is 2.63 bits per heavy atom. The first-order valence-corrected chi connectivity index (χ1v) is 7.16. The zero-order chi connectivity index (χ0) is 13.8. The van der Waals surface area contributed by atoms with Crippen molar-refractivity contribution in [3.63, 3.8) is 0 Å². The van der Waals surface area contributed by atoms with Gasteiger partial charge in [-0.05, 0) is 25.3 Å². The third kappa shape index (κ3) is 3.45. The number of rotatable bonds is 5. The molecule has 1 unspecified atom stereocenters. The van der Waals surface area contributed by atoms with Crippen LogP contribution in [-0.2, 0) is 9.59 Å². The summed E-state index contributed by atoms with van der Waals surface area (Å²) in [5.41, 5.74) is 0. The van der Waals surface area contributed by atoms with Gasteiger partial charge in [0.1, 0.15) is 0 Å². The largest absolute Gasteiger partial charge is 0.276 e. The normalized spacial score (nSPS) is 22.5. The van der Waals surface area contributed by atoms with E-state index in [-0.39, 0.29) is 17.9 Å². The monoisotopic (exact) mass is 296 g/mol. The fraction of sp³-hybridized carbons (Fsp3) is 0.462. The van der Waals surface area contributed by atoms with Crippen molar-refractivity contribution in [2.24, 2.45) is 0 Å². The van der Waals surface area contributed by atoms with E-state index in [1.54, 1.807) is 11.2 Å². The molecule has 1 atom stereocenters. The van der Waals surface area contributed by atoms with Crippen molar-refractivity contribution in [2.45, 2.75) is 38.1 Å². The van der Waals surface area contributed by atoms with E-state index in [1.165, 1.54) is 5.01 Å².